The van der Waals surface area contributed by atoms with Gasteiger partial charge in [-0.3, -0.25) is 9.59 Å². The van der Waals surface area contributed by atoms with Crippen molar-refractivity contribution >= 4 is 11.7 Å². The van der Waals surface area contributed by atoms with Crippen LogP contribution < -0.4 is 10.1 Å². The topological polar surface area (TPSA) is 99.1 Å². The van der Waals surface area contributed by atoms with E-state index >= 15 is 0 Å². The van der Waals surface area contributed by atoms with Gasteiger partial charge in [0.25, 0.3) is 5.91 Å². The number of Topliss-reactive ketones (excluding diaryl/α,β-unsaturated/α-hetero) is 1. The van der Waals surface area contributed by atoms with Gasteiger partial charge in [-0.1, -0.05) is 12.1 Å². The summed E-state index contributed by atoms with van der Waals surface area (Å²) < 4.78 is 5.12. The molecule has 0 unspecified atom stereocenters. The summed E-state index contributed by atoms with van der Waals surface area (Å²) in [4.78, 5) is 25.8. The van der Waals surface area contributed by atoms with Gasteiger partial charge in [0.05, 0.1) is 25.3 Å². The molecule has 1 aromatic carbocycles. The van der Waals surface area contributed by atoms with E-state index in [4.69, 9.17) is 9.84 Å². The fourth-order valence-electron chi connectivity index (χ4n) is 2.78. The normalized spacial score (nSPS) is 17.5. The van der Waals surface area contributed by atoms with E-state index in [0.29, 0.717) is 25.4 Å². The second-order valence-corrected chi connectivity index (χ2v) is 5.47. The summed E-state index contributed by atoms with van der Waals surface area (Å²) in [6.07, 6.45) is 0. The minimum Gasteiger partial charge on any atom is -0.503 e. The van der Waals surface area contributed by atoms with Crippen molar-refractivity contribution in [1.29, 1.82) is 0 Å². The molecule has 1 atom stereocenters. The SMILES string of the molecule is COc1ccc([C@H]2C(C(C)=O)=C(O)C(=O)N2CCNCCO)cc1. The Balaban J connectivity index is 2.31. The summed E-state index contributed by atoms with van der Waals surface area (Å²) >= 11 is 0. The fraction of sp³-hybridized carbons (Fsp3) is 0.412. The Labute approximate surface area is 140 Å². The number of methoxy groups -OCH3 is 1. The molecule has 1 aliphatic rings. The van der Waals surface area contributed by atoms with Gasteiger partial charge in [-0.25, -0.2) is 0 Å². The maximum atomic E-state index is 12.4. The third-order valence-corrected chi connectivity index (χ3v) is 3.93. The molecule has 0 aliphatic carbocycles. The van der Waals surface area contributed by atoms with Crippen LogP contribution >= 0.6 is 0 Å². The molecule has 1 aliphatic heterocycles. The van der Waals surface area contributed by atoms with Crippen LogP contribution in [0.1, 0.15) is 18.5 Å². The molecule has 0 spiro atoms. The number of hydrogen-bond donors (Lipinski definition) is 3. The van der Waals surface area contributed by atoms with Crippen molar-refractivity contribution in [2.24, 2.45) is 0 Å². The van der Waals surface area contributed by atoms with Gasteiger partial charge in [0.15, 0.2) is 11.5 Å². The molecule has 130 valence electrons. The van der Waals surface area contributed by atoms with Crippen LogP contribution in [-0.4, -0.2) is 60.2 Å². The van der Waals surface area contributed by atoms with E-state index in [-0.39, 0.29) is 18.0 Å². The predicted octanol–water partition coefficient (Wildman–Crippen LogP) is 0.562. The van der Waals surface area contributed by atoms with Crippen LogP contribution in [0, 0.1) is 0 Å². The highest BCUT2D eigenvalue weighted by molar-refractivity contribution is 6.08. The Bertz CT molecular complexity index is 639. The van der Waals surface area contributed by atoms with Crippen molar-refractivity contribution in [1.82, 2.24) is 10.2 Å². The molecule has 0 fully saturated rings. The van der Waals surface area contributed by atoms with E-state index in [0.717, 1.165) is 5.56 Å². The van der Waals surface area contributed by atoms with Crippen LogP contribution in [0.5, 0.6) is 5.75 Å². The maximum Gasteiger partial charge on any atom is 0.290 e. The van der Waals surface area contributed by atoms with E-state index in [1.807, 2.05) is 0 Å². The molecule has 3 N–H and O–H groups in total. The molecular formula is C17H22N2O5. The van der Waals surface area contributed by atoms with Crippen LogP contribution in [-0.2, 0) is 9.59 Å². The largest absolute Gasteiger partial charge is 0.503 e. The van der Waals surface area contributed by atoms with E-state index in [2.05, 4.69) is 5.32 Å². The lowest BCUT2D eigenvalue weighted by molar-refractivity contribution is -0.129. The predicted molar refractivity (Wildman–Crippen MR) is 87.7 cm³/mol. The first-order chi connectivity index (χ1) is 11.5. The Kier molecular flexibility index (Phi) is 5.94. The van der Waals surface area contributed by atoms with Crippen molar-refractivity contribution in [2.75, 3.05) is 33.4 Å². The fourth-order valence-corrected chi connectivity index (χ4v) is 2.78. The molecule has 0 radical (unpaired) electrons. The van der Waals surface area contributed by atoms with Crippen LogP contribution in [0.3, 0.4) is 0 Å². The lowest BCUT2D eigenvalue weighted by Gasteiger charge is -2.26. The van der Waals surface area contributed by atoms with Crippen molar-refractivity contribution < 1.29 is 24.5 Å². The second-order valence-electron chi connectivity index (χ2n) is 5.47. The summed E-state index contributed by atoms with van der Waals surface area (Å²) in [6, 6.07) is 6.40. The summed E-state index contributed by atoms with van der Waals surface area (Å²) in [6.45, 7) is 2.49. The van der Waals surface area contributed by atoms with E-state index in [9.17, 15) is 14.7 Å². The van der Waals surface area contributed by atoms with Crippen LogP contribution in [0.25, 0.3) is 0 Å². The standard InChI is InChI=1S/C17H22N2O5/c1-11(21)14-15(12-3-5-13(24-2)6-4-12)19(17(23)16(14)22)9-7-18-8-10-20/h3-6,15,18,20,22H,7-10H2,1-2H3/t15-/m0/s1. The number of nitrogens with one attached hydrogen (secondary N) is 1. The zero-order chi connectivity index (χ0) is 17.7. The van der Waals surface area contributed by atoms with E-state index < -0.39 is 17.7 Å². The number of aliphatic hydroxyl groups is 2. The molecule has 2 rings (SSSR count). The number of carbonyl (C=O) groups is 2. The van der Waals surface area contributed by atoms with Crippen molar-refractivity contribution in [2.45, 2.75) is 13.0 Å². The zero-order valence-electron chi connectivity index (χ0n) is 13.8. The van der Waals surface area contributed by atoms with Gasteiger partial charge in [0, 0.05) is 19.6 Å². The number of benzene rings is 1. The van der Waals surface area contributed by atoms with E-state index in [1.165, 1.54) is 11.8 Å². The Morgan fingerprint density at radius 3 is 2.50 bits per heavy atom. The number of rotatable bonds is 8. The maximum absolute atomic E-state index is 12.4. The van der Waals surface area contributed by atoms with Gasteiger partial charge in [-0.2, -0.15) is 0 Å². The average molecular weight is 334 g/mol. The van der Waals surface area contributed by atoms with Gasteiger partial charge >= 0.3 is 0 Å². The minimum absolute atomic E-state index is 0.00193. The monoisotopic (exact) mass is 334 g/mol. The highest BCUT2D eigenvalue weighted by atomic mass is 16.5. The van der Waals surface area contributed by atoms with Crippen molar-refractivity contribution in [3.63, 3.8) is 0 Å². The smallest absolute Gasteiger partial charge is 0.290 e. The highest BCUT2D eigenvalue weighted by Crippen LogP contribution is 2.37. The molecule has 1 heterocycles. The van der Waals surface area contributed by atoms with Crippen LogP contribution in [0.15, 0.2) is 35.6 Å². The number of carbonyl (C=O) groups excluding carboxylic acids is 2. The number of ether oxygens (including phenoxy) is 1. The summed E-state index contributed by atoms with van der Waals surface area (Å²) in [5, 5.41) is 21.9. The molecule has 0 saturated carbocycles. The molecule has 0 saturated heterocycles. The van der Waals surface area contributed by atoms with Gasteiger partial charge in [-0.15, -0.1) is 0 Å². The van der Waals surface area contributed by atoms with Crippen LogP contribution in [0.2, 0.25) is 0 Å². The van der Waals surface area contributed by atoms with Crippen molar-refractivity contribution in [3.8, 4) is 5.75 Å². The quantitative estimate of drug-likeness (QED) is 0.601. The van der Waals surface area contributed by atoms with Gasteiger partial charge in [0.2, 0.25) is 0 Å². The number of amides is 1. The lowest BCUT2D eigenvalue weighted by Crippen LogP contribution is -2.37. The third kappa shape index (κ3) is 3.58. The molecule has 1 amide bonds. The number of hydrogen-bond acceptors (Lipinski definition) is 6. The first kappa shape index (κ1) is 18.0. The average Bonchev–Trinajstić information content (AvgIpc) is 2.83. The first-order valence-electron chi connectivity index (χ1n) is 7.71. The molecule has 7 heteroatoms. The van der Waals surface area contributed by atoms with Gasteiger partial charge in [-0.05, 0) is 24.6 Å². The number of nitrogens with zero attached hydrogens (tertiary/aromatic N) is 1. The first-order valence-corrected chi connectivity index (χ1v) is 7.71. The molecule has 7 nitrogen and oxygen atoms in total. The molecular weight excluding hydrogens is 312 g/mol. The van der Waals surface area contributed by atoms with Crippen LogP contribution in [0.4, 0.5) is 0 Å². The highest BCUT2D eigenvalue weighted by Gasteiger charge is 2.41. The Hall–Kier alpha value is -2.38. The Morgan fingerprint density at radius 2 is 1.96 bits per heavy atom. The van der Waals surface area contributed by atoms with Gasteiger partial charge < -0.3 is 25.2 Å². The molecule has 1 aromatic rings. The Morgan fingerprint density at radius 1 is 1.29 bits per heavy atom. The third-order valence-electron chi connectivity index (χ3n) is 3.93. The lowest BCUT2D eigenvalue weighted by atomic mass is 9.96. The van der Waals surface area contributed by atoms with Crippen molar-refractivity contribution in [3.05, 3.63) is 41.2 Å². The molecule has 24 heavy (non-hydrogen) atoms. The molecule has 0 bridgehead atoms. The minimum atomic E-state index is -0.628. The number of ketones is 1. The van der Waals surface area contributed by atoms with E-state index in [1.54, 1.807) is 31.4 Å². The summed E-state index contributed by atoms with van der Waals surface area (Å²) in [5.41, 5.74) is 0.827. The zero-order valence-corrected chi connectivity index (χ0v) is 13.8. The summed E-state index contributed by atoms with van der Waals surface area (Å²) in [5.74, 6) is -0.735. The number of aliphatic hydroxyl groups excluding tert-OH is 2. The molecule has 0 aromatic heterocycles. The summed E-state index contributed by atoms with van der Waals surface area (Å²) in [7, 11) is 1.56. The van der Waals surface area contributed by atoms with Gasteiger partial charge in [0.1, 0.15) is 5.75 Å². The second kappa shape index (κ2) is 7.94.